The van der Waals surface area contributed by atoms with Crippen molar-refractivity contribution in [1.82, 2.24) is 0 Å². The Kier molecular flexibility index (Phi) is 31.3. The summed E-state index contributed by atoms with van der Waals surface area (Å²) in [6, 6.07) is 7.76. The number of alkyl halides is 51. The standard InChI is InChI=1S/C66H51F51O9/c67-43(68,46(73,74)49(79,80)52(85,86)55(91,92)58(97,98)61(103,104)64(109,110)111)7-1-4-10-124-40-34(22-118)16-31(17-35(40)23-119)28-13-29(32-18-36(24-120)41(37(19-32)25-121)125-11-5-2-8-44(69,70)47(75,76)50(81,82)53(87,88)56(93,94)59(99,100)62(105,106)65(112,113)114)15-30(14-28)33-20-38(26-122)42(39(21-33)27-123)126-12-6-3-9-45(71,72)48(77,78)51(83,84)54(89,90)57(95,96)60(101,102)63(107,108)66(115,116)117/h13-21,118-123H,1-12,22-27H2. The number of unbranched alkanes of at least 4 members (excludes halogenated alkanes) is 3. The van der Waals surface area contributed by atoms with E-state index < -0.39 is 327 Å². The van der Waals surface area contributed by atoms with Crippen LogP contribution in [0, 0.1) is 0 Å². The maximum Gasteiger partial charge on any atom is 0.460 e. The Morgan fingerprint density at radius 3 is 0.429 bits per heavy atom. The number of rotatable bonds is 45. The molecular weight excluding hydrogens is 1910 g/mol. The van der Waals surface area contributed by atoms with Crippen molar-refractivity contribution in [2.45, 2.75) is 240 Å². The molecule has 9 nitrogen and oxygen atoms in total. The Morgan fingerprint density at radius 1 is 0.167 bits per heavy atom. The third-order valence-electron chi connectivity index (χ3n) is 18.4. The molecule has 0 saturated heterocycles. The predicted molar refractivity (Wildman–Crippen MR) is 318 cm³/mol. The molecular formula is C66H51F51O9. The van der Waals surface area contributed by atoms with Gasteiger partial charge >= 0.3 is 143 Å². The lowest BCUT2D eigenvalue weighted by atomic mass is 9.88. The fourth-order valence-corrected chi connectivity index (χ4v) is 11.1. The summed E-state index contributed by atoms with van der Waals surface area (Å²) in [7, 11) is 0. The molecule has 0 atom stereocenters. The quantitative estimate of drug-likeness (QED) is 0.0188. The highest BCUT2D eigenvalue weighted by molar-refractivity contribution is 5.83. The Labute approximate surface area is 666 Å². The van der Waals surface area contributed by atoms with Crippen LogP contribution in [0.1, 0.15) is 91.2 Å². The molecule has 0 radical (unpaired) electrons. The lowest BCUT2D eigenvalue weighted by molar-refractivity contribution is -0.461. The fourth-order valence-electron chi connectivity index (χ4n) is 11.1. The molecule has 0 aliphatic carbocycles. The molecule has 6 N–H and O–H groups in total. The summed E-state index contributed by atoms with van der Waals surface area (Å²) < 4.78 is 724. The summed E-state index contributed by atoms with van der Waals surface area (Å²) in [5, 5.41) is 62.9. The van der Waals surface area contributed by atoms with Crippen LogP contribution in [0.25, 0.3) is 33.4 Å². The highest BCUT2D eigenvalue weighted by Gasteiger charge is 2.99. The maximum atomic E-state index is 14.8. The number of aliphatic hydroxyl groups excluding tert-OH is 6. The molecule has 126 heavy (non-hydrogen) atoms. The summed E-state index contributed by atoms with van der Waals surface area (Å²) in [5.41, 5.74) is -6.22. The highest BCUT2D eigenvalue weighted by Crippen LogP contribution is 2.69. The minimum absolute atomic E-state index is 0.371. The third kappa shape index (κ3) is 18.2. The molecule has 0 aliphatic rings. The lowest BCUT2D eigenvalue weighted by Crippen LogP contribution is -2.74. The Bertz CT molecular complexity index is 3870. The lowest BCUT2D eigenvalue weighted by Gasteiger charge is -2.42. The van der Waals surface area contributed by atoms with Gasteiger partial charge in [-0.05, 0) is 127 Å². The van der Waals surface area contributed by atoms with Gasteiger partial charge in [-0.3, -0.25) is 0 Å². The van der Waals surface area contributed by atoms with Gasteiger partial charge in [0.1, 0.15) is 17.2 Å². The monoisotopic (exact) mass is 1960 g/mol. The van der Waals surface area contributed by atoms with Crippen LogP contribution in [0.4, 0.5) is 224 Å². The van der Waals surface area contributed by atoms with Crippen LogP contribution >= 0.6 is 0 Å². The van der Waals surface area contributed by atoms with E-state index in [4.69, 9.17) is 14.2 Å². The minimum Gasteiger partial charge on any atom is -0.493 e. The van der Waals surface area contributed by atoms with Crippen molar-refractivity contribution in [3.63, 3.8) is 0 Å². The normalized spacial score (nSPS) is 15.1. The van der Waals surface area contributed by atoms with Gasteiger partial charge in [-0.1, -0.05) is 0 Å². The predicted octanol–water partition coefficient (Wildman–Crippen LogP) is 23.3. The van der Waals surface area contributed by atoms with Gasteiger partial charge in [-0.15, -0.1) is 0 Å². The van der Waals surface area contributed by atoms with E-state index in [9.17, 15) is 255 Å². The molecule has 0 unspecified atom stereocenters. The van der Waals surface area contributed by atoms with Crippen LogP contribution < -0.4 is 14.2 Å². The van der Waals surface area contributed by atoms with Crippen LogP contribution in [0.2, 0.25) is 0 Å². The molecule has 0 aliphatic heterocycles. The Balaban J connectivity index is 1.84. The van der Waals surface area contributed by atoms with Gasteiger partial charge in [0.15, 0.2) is 0 Å². The molecule has 0 saturated carbocycles. The van der Waals surface area contributed by atoms with Gasteiger partial charge in [0, 0.05) is 52.6 Å². The van der Waals surface area contributed by atoms with Crippen LogP contribution in [0.3, 0.4) is 0 Å². The van der Waals surface area contributed by atoms with Crippen LogP contribution in [0.5, 0.6) is 17.2 Å². The van der Waals surface area contributed by atoms with E-state index in [2.05, 4.69) is 0 Å². The van der Waals surface area contributed by atoms with E-state index >= 15 is 0 Å². The molecule has 0 aromatic heterocycles. The van der Waals surface area contributed by atoms with Gasteiger partial charge in [0.25, 0.3) is 0 Å². The fraction of sp³-hybridized carbons (Fsp3) is 0.636. The minimum atomic E-state index is -8.97. The van der Waals surface area contributed by atoms with Crippen molar-refractivity contribution in [3.05, 3.63) is 88.0 Å². The highest BCUT2D eigenvalue weighted by atomic mass is 19.5. The van der Waals surface area contributed by atoms with Gasteiger partial charge in [0.05, 0.1) is 59.5 Å². The second-order valence-electron chi connectivity index (χ2n) is 27.0. The number of hydrogen-bond acceptors (Lipinski definition) is 9. The number of aliphatic hydroxyl groups is 6. The zero-order valence-electron chi connectivity index (χ0n) is 60.6. The number of ether oxygens (including phenoxy) is 3. The van der Waals surface area contributed by atoms with E-state index in [-0.39, 0.29) is 16.7 Å². The second-order valence-corrected chi connectivity index (χ2v) is 27.0. The first-order valence-corrected chi connectivity index (χ1v) is 33.4. The molecule has 60 heteroatoms. The van der Waals surface area contributed by atoms with Crippen molar-refractivity contribution in [1.29, 1.82) is 0 Å². The summed E-state index contributed by atoms with van der Waals surface area (Å²) in [5.74, 6) is -179. The van der Waals surface area contributed by atoms with E-state index in [0.29, 0.717) is 0 Å². The van der Waals surface area contributed by atoms with Crippen molar-refractivity contribution in [2.75, 3.05) is 19.8 Å². The Morgan fingerprint density at radius 2 is 0.294 bits per heavy atom. The first-order chi connectivity index (χ1) is 56.1. The van der Waals surface area contributed by atoms with Crippen molar-refractivity contribution < 1.29 is 269 Å². The third-order valence-corrected chi connectivity index (χ3v) is 18.4. The van der Waals surface area contributed by atoms with E-state index in [1.54, 1.807) is 0 Å². The van der Waals surface area contributed by atoms with Crippen molar-refractivity contribution in [3.8, 4) is 50.6 Å². The first-order valence-electron chi connectivity index (χ1n) is 33.4. The summed E-state index contributed by atoms with van der Waals surface area (Å²) in [6.45, 7) is -12.2. The van der Waals surface area contributed by atoms with Crippen molar-refractivity contribution in [2.24, 2.45) is 0 Å². The average Bonchev–Trinajstić information content (AvgIpc) is 0.702. The molecule has 0 spiro atoms. The van der Waals surface area contributed by atoms with Crippen molar-refractivity contribution >= 4 is 0 Å². The molecule has 4 aromatic rings. The zero-order chi connectivity index (χ0) is 98.9. The summed E-state index contributed by atoms with van der Waals surface area (Å²) in [4.78, 5) is 0. The van der Waals surface area contributed by atoms with Gasteiger partial charge < -0.3 is 44.8 Å². The molecule has 4 aromatic carbocycles. The number of halogens is 51. The molecule has 0 amide bonds. The molecule has 4 rings (SSSR count). The van der Waals surface area contributed by atoms with Crippen LogP contribution in [-0.2, 0) is 39.6 Å². The molecule has 0 bridgehead atoms. The zero-order valence-corrected chi connectivity index (χ0v) is 60.6. The second kappa shape index (κ2) is 35.6. The molecule has 0 heterocycles. The van der Waals surface area contributed by atoms with E-state index in [1.807, 2.05) is 0 Å². The van der Waals surface area contributed by atoms with E-state index in [1.165, 1.54) is 0 Å². The molecule has 726 valence electrons. The summed E-state index contributed by atoms with van der Waals surface area (Å²) in [6.07, 6.45) is -42.4. The SMILES string of the molecule is OCc1cc(-c2cc(-c3cc(CO)c(OCCCCC(F)(F)C(F)(F)C(F)(F)C(F)(F)C(F)(F)C(F)(F)C(F)(F)C(F)(F)F)c(CO)c3)cc(-c3cc(CO)c(OCCCCC(F)(F)C(F)(F)C(F)(F)C(F)(F)C(F)(F)C(F)(F)C(F)(F)C(F)(F)F)c(CO)c3)c2)cc(CO)c1OCCCCC(F)(F)C(F)(F)C(F)(F)C(F)(F)C(F)(F)C(F)(F)C(F)(F)C(F)(F)F. The summed E-state index contributed by atoms with van der Waals surface area (Å²) >= 11 is 0. The topological polar surface area (TPSA) is 149 Å². The molecule has 0 fully saturated rings. The van der Waals surface area contributed by atoms with Crippen LogP contribution in [0.15, 0.2) is 54.6 Å². The maximum absolute atomic E-state index is 14.8. The van der Waals surface area contributed by atoms with Gasteiger partial charge in [-0.25, -0.2) is 0 Å². The van der Waals surface area contributed by atoms with Gasteiger partial charge in [-0.2, -0.15) is 224 Å². The smallest absolute Gasteiger partial charge is 0.460 e. The van der Waals surface area contributed by atoms with E-state index in [0.717, 1.165) is 54.6 Å². The number of hydrogen-bond donors (Lipinski definition) is 6. The largest absolute Gasteiger partial charge is 0.493 e. The first kappa shape index (κ1) is 111. The van der Waals surface area contributed by atoms with Crippen LogP contribution in [-0.4, -0.2) is 193 Å². The Hall–Kier alpha value is -7.53. The average molecular weight is 1960 g/mol. The van der Waals surface area contributed by atoms with Gasteiger partial charge in [0.2, 0.25) is 0 Å². The number of benzene rings is 4.